The minimum Gasteiger partial charge on any atom is -0.481 e. The summed E-state index contributed by atoms with van der Waals surface area (Å²) in [6, 6.07) is 11.3. The number of benzene rings is 2. The zero-order valence-corrected chi connectivity index (χ0v) is 16.0. The van der Waals surface area contributed by atoms with Gasteiger partial charge in [0.2, 0.25) is 6.79 Å². The van der Waals surface area contributed by atoms with E-state index in [1.807, 2.05) is 30.3 Å². The first-order valence-corrected chi connectivity index (χ1v) is 9.60. The van der Waals surface area contributed by atoms with Crippen molar-refractivity contribution >= 4 is 29.2 Å². The second-order valence-corrected chi connectivity index (χ2v) is 7.68. The van der Waals surface area contributed by atoms with Crippen LogP contribution in [0.25, 0.3) is 0 Å². The van der Waals surface area contributed by atoms with E-state index in [-0.39, 0.29) is 18.8 Å². The van der Waals surface area contributed by atoms with Crippen molar-refractivity contribution in [3.63, 3.8) is 0 Å². The Bertz CT molecular complexity index is 873. The number of carbonyl (C=O) groups is 1. The minimum absolute atomic E-state index is 0.142. The Balaban J connectivity index is 1.75. The second kappa shape index (κ2) is 7.58. The highest BCUT2D eigenvalue weighted by Gasteiger charge is 2.32. The Morgan fingerprint density at radius 1 is 1.07 bits per heavy atom. The summed E-state index contributed by atoms with van der Waals surface area (Å²) in [5, 5.41) is 10.5. The molecule has 2 atom stereocenters. The quantitative estimate of drug-likeness (QED) is 0.801. The van der Waals surface area contributed by atoms with Crippen molar-refractivity contribution in [1.29, 1.82) is 0 Å². The predicted molar refractivity (Wildman–Crippen MR) is 103 cm³/mol. The van der Waals surface area contributed by atoms with Crippen molar-refractivity contribution in [2.45, 2.75) is 18.9 Å². The number of carboxylic acid groups (broad SMARTS) is 1. The van der Waals surface area contributed by atoms with Crippen LogP contribution >= 0.6 is 23.2 Å². The van der Waals surface area contributed by atoms with Crippen LogP contribution in [0.2, 0.25) is 10.0 Å². The molecule has 1 fully saturated rings. The monoisotopic (exact) mass is 407 g/mol. The van der Waals surface area contributed by atoms with Crippen molar-refractivity contribution in [1.82, 2.24) is 4.90 Å². The summed E-state index contributed by atoms with van der Waals surface area (Å²) in [4.78, 5) is 13.7. The first-order chi connectivity index (χ1) is 13.0. The van der Waals surface area contributed by atoms with Gasteiger partial charge in [0.15, 0.2) is 11.5 Å². The number of ether oxygens (including phenoxy) is 2. The Morgan fingerprint density at radius 2 is 1.81 bits per heavy atom. The maximum absolute atomic E-state index is 11.5. The van der Waals surface area contributed by atoms with Gasteiger partial charge in [0.1, 0.15) is 0 Å². The molecule has 0 radical (unpaired) electrons. The highest BCUT2D eigenvalue weighted by atomic mass is 35.5. The number of aliphatic carboxylic acids is 1. The molecule has 2 aliphatic heterocycles. The van der Waals surface area contributed by atoms with Crippen molar-refractivity contribution in [3.05, 3.63) is 57.6 Å². The van der Waals surface area contributed by atoms with Crippen LogP contribution < -0.4 is 9.47 Å². The summed E-state index contributed by atoms with van der Waals surface area (Å²) in [6.07, 6.45) is 1.53. The van der Waals surface area contributed by atoms with Crippen molar-refractivity contribution in [3.8, 4) is 11.5 Å². The average Bonchev–Trinajstić information content (AvgIpc) is 3.13. The van der Waals surface area contributed by atoms with Crippen molar-refractivity contribution in [2.24, 2.45) is 5.92 Å². The number of rotatable bonds is 4. The van der Waals surface area contributed by atoms with Gasteiger partial charge in [-0.15, -0.1) is 0 Å². The molecule has 5 nitrogen and oxygen atoms in total. The lowest BCUT2D eigenvalue weighted by Crippen LogP contribution is -2.41. The van der Waals surface area contributed by atoms with E-state index in [1.54, 1.807) is 6.07 Å². The van der Waals surface area contributed by atoms with Gasteiger partial charge in [-0.05, 0) is 54.8 Å². The number of carboxylic acids is 1. The molecule has 0 aromatic heterocycles. The normalized spacial score (nSPS) is 20.4. The molecule has 4 rings (SSSR count). The number of likely N-dealkylation sites (tertiary alicyclic amines) is 1. The summed E-state index contributed by atoms with van der Waals surface area (Å²) in [6.45, 7) is 1.50. The van der Waals surface area contributed by atoms with Crippen LogP contribution in [-0.2, 0) is 4.79 Å². The van der Waals surface area contributed by atoms with E-state index < -0.39 is 5.97 Å². The van der Waals surface area contributed by atoms with Gasteiger partial charge in [-0.2, -0.15) is 0 Å². The predicted octanol–water partition coefficient (Wildman–Crippen LogP) is 4.61. The molecule has 2 aliphatic rings. The molecule has 2 aromatic rings. The number of nitrogens with zero attached hydrogens (tertiary/aromatic N) is 1. The lowest BCUT2D eigenvalue weighted by Gasteiger charge is -2.37. The summed E-state index contributed by atoms with van der Waals surface area (Å²) < 4.78 is 10.9. The van der Waals surface area contributed by atoms with Gasteiger partial charge in [-0.3, -0.25) is 9.69 Å². The number of hydrogen-bond acceptors (Lipinski definition) is 4. The van der Waals surface area contributed by atoms with E-state index in [0.717, 1.165) is 24.1 Å². The fourth-order valence-electron chi connectivity index (χ4n) is 3.82. The van der Waals surface area contributed by atoms with Gasteiger partial charge in [0.25, 0.3) is 0 Å². The molecule has 0 bridgehead atoms. The molecule has 7 heteroatoms. The molecule has 1 saturated heterocycles. The second-order valence-electron chi connectivity index (χ2n) is 6.86. The van der Waals surface area contributed by atoms with E-state index in [1.165, 1.54) is 0 Å². The third kappa shape index (κ3) is 3.72. The molecule has 2 unspecified atom stereocenters. The smallest absolute Gasteiger partial charge is 0.307 e. The summed E-state index contributed by atoms with van der Waals surface area (Å²) >= 11 is 12.4. The summed E-state index contributed by atoms with van der Waals surface area (Å²) in [7, 11) is 0. The summed E-state index contributed by atoms with van der Waals surface area (Å²) in [5.74, 6) is 0.286. The van der Waals surface area contributed by atoms with Crippen LogP contribution in [0.4, 0.5) is 0 Å². The highest BCUT2D eigenvalue weighted by Crippen LogP contribution is 2.40. The van der Waals surface area contributed by atoms with E-state index >= 15 is 0 Å². The van der Waals surface area contributed by atoms with Crippen LogP contribution in [-0.4, -0.2) is 35.9 Å². The van der Waals surface area contributed by atoms with Crippen LogP contribution in [0, 0.1) is 5.92 Å². The van der Waals surface area contributed by atoms with Crippen molar-refractivity contribution in [2.75, 3.05) is 19.9 Å². The molecule has 27 heavy (non-hydrogen) atoms. The molecular weight excluding hydrogens is 389 g/mol. The molecule has 2 aromatic carbocycles. The highest BCUT2D eigenvalue weighted by molar-refractivity contribution is 6.42. The average molecular weight is 408 g/mol. The van der Waals surface area contributed by atoms with Crippen molar-refractivity contribution < 1.29 is 19.4 Å². The largest absolute Gasteiger partial charge is 0.481 e. The zero-order chi connectivity index (χ0) is 19.0. The topological polar surface area (TPSA) is 59.0 Å². The SMILES string of the molecule is O=C(O)C1CCCN(C(c2ccc(Cl)c(Cl)c2)c2ccc3c(c2)OCO3)C1. The Labute approximate surface area is 167 Å². The third-order valence-electron chi connectivity index (χ3n) is 5.14. The lowest BCUT2D eigenvalue weighted by molar-refractivity contribution is -0.143. The number of hydrogen-bond donors (Lipinski definition) is 1. The molecule has 0 spiro atoms. The lowest BCUT2D eigenvalue weighted by atomic mass is 9.91. The Kier molecular flexibility index (Phi) is 5.17. The number of piperidine rings is 1. The van der Waals surface area contributed by atoms with E-state index in [4.69, 9.17) is 32.7 Å². The molecule has 2 heterocycles. The van der Waals surface area contributed by atoms with Gasteiger partial charge in [0, 0.05) is 6.54 Å². The first kappa shape index (κ1) is 18.4. The molecule has 0 amide bonds. The van der Waals surface area contributed by atoms with Gasteiger partial charge in [-0.25, -0.2) is 0 Å². The Hall–Kier alpha value is -1.95. The minimum atomic E-state index is -0.752. The zero-order valence-electron chi connectivity index (χ0n) is 14.5. The van der Waals surface area contributed by atoms with Crippen LogP contribution in [0.15, 0.2) is 36.4 Å². The molecule has 142 valence electrons. The van der Waals surface area contributed by atoms with Crippen LogP contribution in [0.3, 0.4) is 0 Å². The van der Waals surface area contributed by atoms with Gasteiger partial charge >= 0.3 is 5.97 Å². The van der Waals surface area contributed by atoms with E-state index in [0.29, 0.717) is 34.5 Å². The van der Waals surface area contributed by atoms with E-state index in [2.05, 4.69) is 4.90 Å². The first-order valence-electron chi connectivity index (χ1n) is 8.84. The standard InChI is InChI=1S/C20H19Cl2NO4/c21-15-5-3-12(8-16(15)22)19(23-7-1-2-14(10-23)20(24)25)13-4-6-17-18(9-13)27-11-26-17/h3-6,8-9,14,19H,1-2,7,10-11H2,(H,24,25). The fourth-order valence-corrected chi connectivity index (χ4v) is 4.13. The maximum Gasteiger partial charge on any atom is 0.307 e. The van der Waals surface area contributed by atoms with Gasteiger partial charge in [0.05, 0.1) is 22.0 Å². The van der Waals surface area contributed by atoms with E-state index in [9.17, 15) is 9.90 Å². The van der Waals surface area contributed by atoms with Gasteiger partial charge in [-0.1, -0.05) is 35.3 Å². The van der Waals surface area contributed by atoms with Crippen LogP contribution in [0.5, 0.6) is 11.5 Å². The fraction of sp³-hybridized carbons (Fsp3) is 0.350. The molecule has 1 N–H and O–H groups in total. The molecular formula is C20H19Cl2NO4. The Morgan fingerprint density at radius 3 is 2.59 bits per heavy atom. The summed E-state index contributed by atoms with van der Waals surface area (Å²) in [5.41, 5.74) is 1.97. The molecule has 0 aliphatic carbocycles. The number of halogens is 2. The third-order valence-corrected chi connectivity index (χ3v) is 5.88. The van der Waals surface area contributed by atoms with Gasteiger partial charge < -0.3 is 14.6 Å². The maximum atomic E-state index is 11.5. The van der Waals surface area contributed by atoms with Crippen LogP contribution in [0.1, 0.15) is 30.0 Å². The number of fused-ring (bicyclic) bond motifs is 1. The molecule has 0 saturated carbocycles.